The molecule has 3 aliphatic rings. The summed E-state index contributed by atoms with van der Waals surface area (Å²) in [6.07, 6.45) is 6.76. The van der Waals surface area contributed by atoms with E-state index in [0.29, 0.717) is 33.0 Å². The highest BCUT2D eigenvalue weighted by atomic mass is 35.5. The number of benzene rings is 1. The quantitative estimate of drug-likeness (QED) is 0.382. The standard InChI is InChI=1S/C26H31ClN2O5/c1-3-12-34-26(30)29-11-10-21-22-17-19(27)6-9-23(22)28-24(21)25(29)18-4-7-20(8-5-18)33-16-15-32-14-13-31-2/h3-9,22,25,28H,1,10-17H2,2H3. The third kappa shape index (κ3) is 5.49. The van der Waals surface area contributed by atoms with Gasteiger partial charge in [-0.25, -0.2) is 4.79 Å². The van der Waals surface area contributed by atoms with Gasteiger partial charge in [-0.05, 0) is 48.3 Å². The molecule has 0 fully saturated rings. The van der Waals surface area contributed by atoms with Gasteiger partial charge in [0.2, 0.25) is 0 Å². The zero-order valence-electron chi connectivity index (χ0n) is 19.4. The number of rotatable bonds is 10. The second-order valence-corrected chi connectivity index (χ2v) is 8.78. The van der Waals surface area contributed by atoms with Crippen molar-refractivity contribution in [2.24, 2.45) is 5.92 Å². The SMILES string of the molecule is C=CCOC(=O)N1CCC2=C(NC3=CC=C(Cl)CC32)C1c1ccc(OCCOCCOC)cc1. The van der Waals surface area contributed by atoms with Crippen molar-refractivity contribution in [1.29, 1.82) is 0 Å². The van der Waals surface area contributed by atoms with Crippen LogP contribution in [-0.2, 0) is 14.2 Å². The average molecular weight is 487 g/mol. The van der Waals surface area contributed by atoms with E-state index in [9.17, 15) is 4.79 Å². The van der Waals surface area contributed by atoms with E-state index in [-0.39, 0.29) is 24.7 Å². The highest BCUT2D eigenvalue weighted by Gasteiger charge is 2.42. The van der Waals surface area contributed by atoms with E-state index in [1.165, 1.54) is 5.57 Å². The summed E-state index contributed by atoms with van der Waals surface area (Å²) in [5.41, 5.74) is 4.47. The van der Waals surface area contributed by atoms with Crippen LogP contribution in [0.1, 0.15) is 24.4 Å². The molecule has 1 aromatic carbocycles. The van der Waals surface area contributed by atoms with E-state index in [0.717, 1.165) is 40.6 Å². The number of hydrogen-bond donors (Lipinski definition) is 1. The zero-order chi connectivity index (χ0) is 23.9. The summed E-state index contributed by atoms with van der Waals surface area (Å²) in [4.78, 5) is 14.7. The fraction of sp³-hybridized carbons (Fsp3) is 0.423. The van der Waals surface area contributed by atoms with Crippen LogP contribution in [0, 0.1) is 5.92 Å². The molecule has 2 heterocycles. The Hall–Kier alpha value is -2.74. The molecular weight excluding hydrogens is 456 g/mol. The van der Waals surface area contributed by atoms with E-state index < -0.39 is 0 Å². The van der Waals surface area contributed by atoms with Crippen LogP contribution in [0.5, 0.6) is 5.75 Å². The molecule has 2 aliphatic heterocycles. The van der Waals surface area contributed by atoms with Gasteiger partial charge in [-0.15, -0.1) is 0 Å². The minimum absolute atomic E-state index is 0.175. The lowest BCUT2D eigenvalue weighted by Gasteiger charge is -2.36. The first-order chi connectivity index (χ1) is 16.6. The Morgan fingerprint density at radius 2 is 2.00 bits per heavy atom. The molecule has 0 spiro atoms. The maximum Gasteiger partial charge on any atom is 0.410 e. The lowest BCUT2D eigenvalue weighted by Crippen LogP contribution is -2.41. The normalized spacial score (nSPS) is 21.2. The van der Waals surface area contributed by atoms with Crippen molar-refractivity contribution in [3.63, 3.8) is 0 Å². The number of halogens is 1. The number of fused-ring (bicyclic) bond motifs is 2. The van der Waals surface area contributed by atoms with Gasteiger partial charge in [0.25, 0.3) is 0 Å². The topological polar surface area (TPSA) is 69.3 Å². The number of amides is 1. The number of methoxy groups -OCH3 is 1. The number of nitrogens with one attached hydrogen (secondary N) is 1. The molecule has 0 aromatic heterocycles. The number of carbonyl (C=O) groups is 1. The van der Waals surface area contributed by atoms with Crippen molar-refractivity contribution in [2.75, 3.05) is 46.7 Å². The van der Waals surface area contributed by atoms with Crippen LogP contribution in [0.2, 0.25) is 0 Å². The van der Waals surface area contributed by atoms with Crippen LogP contribution in [0.3, 0.4) is 0 Å². The molecule has 0 saturated heterocycles. The van der Waals surface area contributed by atoms with E-state index in [1.807, 2.05) is 36.4 Å². The molecule has 7 nitrogen and oxygen atoms in total. The van der Waals surface area contributed by atoms with E-state index >= 15 is 0 Å². The van der Waals surface area contributed by atoms with Crippen LogP contribution < -0.4 is 10.1 Å². The Kier molecular flexibility index (Phi) is 8.32. The summed E-state index contributed by atoms with van der Waals surface area (Å²) < 4.78 is 21.6. The Bertz CT molecular complexity index is 985. The zero-order valence-corrected chi connectivity index (χ0v) is 20.2. The smallest absolute Gasteiger partial charge is 0.410 e. The predicted molar refractivity (Wildman–Crippen MR) is 131 cm³/mol. The van der Waals surface area contributed by atoms with Gasteiger partial charge >= 0.3 is 6.09 Å². The molecule has 1 N–H and O–H groups in total. The van der Waals surface area contributed by atoms with Crippen molar-refractivity contribution < 1.29 is 23.7 Å². The molecule has 1 aliphatic carbocycles. The third-order valence-corrected chi connectivity index (χ3v) is 6.43. The molecule has 2 unspecified atom stereocenters. The summed E-state index contributed by atoms with van der Waals surface area (Å²) in [5, 5.41) is 4.44. The number of hydrogen-bond acceptors (Lipinski definition) is 6. The predicted octanol–water partition coefficient (Wildman–Crippen LogP) is 4.68. The van der Waals surface area contributed by atoms with Crippen molar-refractivity contribution in [3.8, 4) is 5.75 Å². The molecule has 1 aromatic rings. The first-order valence-corrected chi connectivity index (χ1v) is 11.9. The van der Waals surface area contributed by atoms with Gasteiger partial charge in [0.05, 0.1) is 19.8 Å². The fourth-order valence-corrected chi connectivity index (χ4v) is 4.79. The second kappa shape index (κ2) is 11.6. The minimum atomic E-state index is -0.355. The van der Waals surface area contributed by atoms with E-state index in [2.05, 4.69) is 11.9 Å². The summed E-state index contributed by atoms with van der Waals surface area (Å²) in [6.45, 7) is 6.44. The van der Waals surface area contributed by atoms with E-state index in [1.54, 1.807) is 18.1 Å². The van der Waals surface area contributed by atoms with E-state index in [4.69, 9.17) is 30.5 Å². The largest absolute Gasteiger partial charge is 0.491 e. The van der Waals surface area contributed by atoms with Crippen molar-refractivity contribution in [3.05, 3.63) is 76.6 Å². The monoisotopic (exact) mass is 486 g/mol. The average Bonchev–Trinajstić information content (AvgIpc) is 3.22. The van der Waals surface area contributed by atoms with Crippen molar-refractivity contribution in [2.45, 2.75) is 18.9 Å². The third-order valence-electron chi connectivity index (χ3n) is 6.15. The van der Waals surface area contributed by atoms with Gasteiger partial charge in [0.15, 0.2) is 0 Å². The first kappa shape index (κ1) is 24.4. The molecule has 2 atom stereocenters. The van der Waals surface area contributed by atoms with Gasteiger partial charge in [-0.2, -0.15) is 0 Å². The van der Waals surface area contributed by atoms with Crippen molar-refractivity contribution >= 4 is 17.7 Å². The highest BCUT2D eigenvalue weighted by molar-refractivity contribution is 6.29. The maximum absolute atomic E-state index is 12.9. The van der Waals surface area contributed by atoms with Gasteiger partial charge in [0, 0.05) is 36.0 Å². The molecule has 0 radical (unpaired) electrons. The van der Waals surface area contributed by atoms with Crippen LogP contribution in [0.25, 0.3) is 0 Å². The molecule has 0 saturated carbocycles. The van der Waals surface area contributed by atoms with Gasteiger partial charge < -0.3 is 24.3 Å². The van der Waals surface area contributed by atoms with Gasteiger partial charge in [0.1, 0.15) is 25.0 Å². The maximum atomic E-state index is 12.9. The number of allylic oxidation sites excluding steroid dienone is 4. The lowest BCUT2D eigenvalue weighted by atomic mass is 9.85. The number of carbonyl (C=O) groups excluding carboxylic acids is 1. The molecular formula is C26H31ClN2O5. The number of nitrogens with zero attached hydrogens (tertiary/aromatic N) is 1. The Morgan fingerprint density at radius 1 is 1.21 bits per heavy atom. The van der Waals surface area contributed by atoms with Crippen LogP contribution >= 0.6 is 11.6 Å². The number of ether oxygens (including phenoxy) is 4. The second-order valence-electron chi connectivity index (χ2n) is 8.29. The summed E-state index contributed by atoms with van der Waals surface area (Å²) in [6, 6.07) is 7.56. The first-order valence-electron chi connectivity index (χ1n) is 11.5. The van der Waals surface area contributed by atoms with Crippen molar-refractivity contribution in [1.82, 2.24) is 10.2 Å². The Balaban J connectivity index is 1.52. The Labute approximate surface area is 205 Å². The van der Waals surface area contributed by atoms with Gasteiger partial charge in [-0.1, -0.05) is 36.4 Å². The molecule has 1 amide bonds. The van der Waals surface area contributed by atoms with Crippen LogP contribution in [0.4, 0.5) is 4.79 Å². The highest BCUT2D eigenvalue weighted by Crippen LogP contribution is 2.47. The van der Waals surface area contributed by atoms with Crippen LogP contribution in [0.15, 0.2) is 71.1 Å². The molecule has 34 heavy (non-hydrogen) atoms. The minimum Gasteiger partial charge on any atom is -0.491 e. The summed E-state index contributed by atoms with van der Waals surface area (Å²) in [7, 11) is 1.64. The van der Waals surface area contributed by atoms with Gasteiger partial charge in [-0.3, -0.25) is 4.90 Å². The lowest BCUT2D eigenvalue weighted by molar-refractivity contribution is 0.0544. The molecule has 182 valence electrons. The molecule has 4 rings (SSSR count). The Morgan fingerprint density at radius 3 is 2.76 bits per heavy atom. The molecule has 8 heteroatoms. The summed E-state index contributed by atoms with van der Waals surface area (Å²) >= 11 is 6.34. The fourth-order valence-electron chi connectivity index (χ4n) is 4.58. The molecule has 0 bridgehead atoms. The summed E-state index contributed by atoms with van der Waals surface area (Å²) in [5.74, 6) is 0.985. The van der Waals surface area contributed by atoms with Crippen LogP contribution in [-0.4, -0.2) is 57.7 Å².